The zero-order valence-corrected chi connectivity index (χ0v) is 12.4. The SMILES string of the molecule is COc1ccc(C(=O)Nc2nnc(-c3ccco3)o2)cc1OC. The van der Waals surface area contributed by atoms with Gasteiger partial charge in [-0.05, 0) is 30.3 Å². The Morgan fingerprint density at radius 3 is 2.65 bits per heavy atom. The normalized spacial score (nSPS) is 10.3. The molecule has 1 aromatic carbocycles. The second-order valence-electron chi connectivity index (χ2n) is 4.41. The molecule has 0 aliphatic heterocycles. The Morgan fingerprint density at radius 1 is 1.13 bits per heavy atom. The van der Waals surface area contributed by atoms with Gasteiger partial charge < -0.3 is 18.3 Å². The van der Waals surface area contributed by atoms with Gasteiger partial charge in [-0.15, -0.1) is 5.10 Å². The van der Waals surface area contributed by atoms with E-state index >= 15 is 0 Å². The number of aromatic nitrogens is 2. The molecule has 0 radical (unpaired) electrons. The summed E-state index contributed by atoms with van der Waals surface area (Å²) < 4.78 is 20.7. The number of nitrogens with one attached hydrogen (secondary N) is 1. The number of methoxy groups -OCH3 is 2. The largest absolute Gasteiger partial charge is 0.493 e. The average molecular weight is 315 g/mol. The van der Waals surface area contributed by atoms with Gasteiger partial charge in [-0.3, -0.25) is 10.1 Å². The van der Waals surface area contributed by atoms with Gasteiger partial charge >= 0.3 is 6.01 Å². The zero-order chi connectivity index (χ0) is 16.2. The highest BCUT2D eigenvalue weighted by atomic mass is 16.5. The summed E-state index contributed by atoms with van der Waals surface area (Å²) in [6.07, 6.45) is 1.49. The van der Waals surface area contributed by atoms with Crippen LogP contribution in [0.25, 0.3) is 11.7 Å². The van der Waals surface area contributed by atoms with Crippen molar-refractivity contribution in [1.29, 1.82) is 0 Å². The monoisotopic (exact) mass is 315 g/mol. The molecule has 0 atom stereocenters. The molecule has 8 heteroatoms. The van der Waals surface area contributed by atoms with E-state index in [9.17, 15) is 4.79 Å². The van der Waals surface area contributed by atoms with Crippen LogP contribution in [0.4, 0.5) is 6.01 Å². The predicted octanol–water partition coefficient (Wildman–Crippen LogP) is 2.60. The van der Waals surface area contributed by atoms with E-state index < -0.39 is 5.91 Å². The van der Waals surface area contributed by atoms with Crippen molar-refractivity contribution >= 4 is 11.9 Å². The van der Waals surface area contributed by atoms with Crippen LogP contribution in [0.3, 0.4) is 0 Å². The molecule has 0 unspecified atom stereocenters. The molecule has 1 N–H and O–H groups in total. The van der Waals surface area contributed by atoms with E-state index in [0.717, 1.165) is 0 Å². The molecule has 2 heterocycles. The third-order valence-corrected chi connectivity index (χ3v) is 3.02. The van der Waals surface area contributed by atoms with Crippen molar-refractivity contribution in [3.05, 3.63) is 42.2 Å². The van der Waals surface area contributed by atoms with Crippen molar-refractivity contribution in [2.75, 3.05) is 19.5 Å². The minimum atomic E-state index is -0.416. The lowest BCUT2D eigenvalue weighted by atomic mass is 10.2. The Kier molecular flexibility index (Phi) is 3.96. The Morgan fingerprint density at radius 2 is 1.96 bits per heavy atom. The highest BCUT2D eigenvalue weighted by molar-refractivity contribution is 6.03. The number of ether oxygens (including phenoxy) is 2. The van der Waals surface area contributed by atoms with E-state index in [1.165, 1.54) is 20.5 Å². The van der Waals surface area contributed by atoms with Crippen LogP contribution in [0, 0.1) is 0 Å². The summed E-state index contributed by atoms with van der Waals surface area (Å²) in [6, 6.07) is 8.12. The van der Waals surface area contributed by atoms with Crippen molar-refractivity contribution in [2.45, 2.75) is 0 Å². The molecule has 0 saturated carbocycles. The van der Waals surface area contributed by atoms with Crippen LogP contribution in [0.1, 0.15) is 10.4 Å². The maximum atomic E-state index is 12.2. The summed E-state index contributed by atoms with van der Waals surface area (Å²) in [6.45, 7) is 0. The number of nitrogens with zero attached hydrogens (tertiary/aromatic N) is 2. The molecular formula is C15H13N3O5. The second kappa shape index (κ2) is 6.22. The van der Waals surface area contributed by atoms with Crippen LogP contribution in [0.2, 0.25) is 0 Å². The Bertz CT molecular complexity index is 810. The number of hydrogen-bond donors (Lipinski definition) is 1. The van der Waals surface area contributed by atoms with Crippen LogP contribution in [-0.4, -0.2) is 30.3 Å². The molecule has 0 fully saturated rings. The summed E-state index contributed by atoms with van der Waals surface area (Å²) >= 11 is 0. The number of anilines is 1. The Hall–Kier alpha value is -3.29. The van der Waals surface area contributed by atoms with Gasteiger partial charge in [0.2, 0.25) is 0 Å². The number of benzene rings is 1. The highest BCUT2D eigenvalue weighted by Gasteiger charge is 2.15. The van der Waals surface area contributed by atoms with E-state index in [1.807, 2.05) is 0 Å². The van der Waals surface area contributed by atoms with Gasteiger partial charge in [0.1, 0.15) is 0 Å². The van der Waals surface area contributed by atoms with Crippen LogP contribution in [-0.2, 0) is 0 Å². The summed E-state index contributed by atoms with van der Waals surface area (Å²) in [4.78, 5) is 12.2. The van der Waals surface area contributed by atoms with Crippen molar-refractivity contribution in [1.82, 2.24) is 10.2 Å². The first-order valence-electron chi connectivity index (χ1n) is 6.62. The Balaban J connectivity index is 1.77. The molecule has 0 aliphatic carbocycles. The standard InChI is InChI=1S/C15H13N3O5/c1-20-10-6-5-9(8-12(10)21-2)13(19)16-15-18-17-14(23-15)11-4-3-7-22-11/h3-8H,1-2H3,(H,16,18,19). The van der Waals surface area contributed by atoms with Crippen molar-refractivity contribution in [3.63, 3.8) is 0 Å². The van der Waals surface area contributed by atoms with Crippen molar-refractivity contribution in [2.24, 2.45) is 0 Å². The van der Waals surface area contributed by atoms with E-state index in [0.29, 0.717) is 22.8 Å². The lowest BCUT2D eigenvalue weighted by Crippen LogP contribution is -2.12. The maximum absolute atomic E-state index is 12.2. The molecule has 3 rings (SSSR count). The zero-order valence-electron chi connectivity index (χ0n) is 12.4. The fourth-order valence-electron chi connectivity index (χ4n) is 1.92. The molecule has 0 saturated heterocycles. The molecule has 0 spiro atoms. The lowest BCUT2D eigenvalue weighted by molar-refractivity contribution is 0.102. The molecule has 3 aromatic rings. The quantitative estimate of drug-likeness (QED) is 0.772. The molecule has 23 heavy (non-hydrogen) atoms. The first kappa shape index (κ1) is 14.6. The predicted molar refractivity (Wildman–Crippen MR) is 79.5 cm³/mol. The summed E-state index contributed by atoms with van der Waals surface area (Å²) in [5.74, 6) is 1.16. The van der Waals surface area contributed by atoms with E-state index in [-0.39, 0.29) is 11.9 Å². The number of hydrogen-bond acceptors (Lipinski definition) is 7. The molecular weight excluding hydrogens is 302 g/mol. The molecule has 1 amide bonds. The topological polar surface area (TPSA) is 99.6 Å². The van der Waals surface area contributed by atoms with Crippen LogP contribution >= 0.6 is 0 Å². The second-order valence-corrected chi connectivity index (χ2v) is 4.41. The van der Waals surface area contributed by atoms with E-state index in [4.69, 9.17) is 18.3 Å². The van der Waals surface area contributed by atoms with Gasteiger partial charge in [0.25, 0.3) is 11.8 Å². The number of amides is 1. The third kappa shape index (κ3) is 3.00. The number of carbonyl (C=O) groups excluding carboxylic acids is 1. The first-order chi connectivity index (χ1) is 11.2. The van der Waals surface area contributed by atoms with Crippen LogP contribution < -0.4 is 14.8 Å². The Labute approximate surface area is 131 Å². The molecule has 0 bridgehead atoms. The van der Waals surface area contributed by atoms with Gasteiger partial charge in [-0.1, -0.05) is 5.10 Å². The van der Waals surface area contributed by atoms with Crippen LogP contribution in [0.15, 0.2) is 45.4 Å². The van der Waals surface area contributed by atoms with Gasteiger partial charge in [0.15, 0.2) is 17.3 Å². The van der Waals surface area contributed by atoms with E-state index in [2.05, 4.69) is 15.5 Å². The van der Waals surface area contributed by atoms with E-state index in [1.54, 1.807) is 30.3 Å². The van der Waals surface area contributed by atoms with Gasteiger partial charge in [-0.2, -0.15) is 0 Å². The summed E-state index contributed by atoms with van der Waals surface area (Å²) in [5, 5.41) is 10.1. The molecule has 2 aromatic heterocycles. The van der Waals surface area contributed by atoms with Gasteiger partial charge in [0.05, 0.1) is 20.5 Å². The van der Waals surface area contributed by atoms with Crippen molar-refractivity contribution in [3.8, 4) is 23.1 Å². The first-order valence-corrected chi connectivity index (χ1v) is 6.62. The maximum Gasteiger partial charge on any atom is 0.322 e. The third-order valence-electron chi connectivity index (χ3n) is 3.02. The minimum Gasteiger partial charge on any atom is -0.493 e. The summed E-state index contributed by atoms with van der Waals surface area (Å²) in [5.41, 5.74) is 0.361. The minimum absolute atomic E-state index is 0.0313. The number of carbonyl (C=O) groups is 1. The number of furan rings is 1. The average Bonchev–Trinajstić information content (AvgIpc) is 3.25. The molecule has 118 valence electrons. The molecule has 0 aliphatic rings. The van der Waals surface area contributed by atoms with Gasteiger partial charge in [0, 0.05) is 5.56 Å². The highest BCUT2D eigenvalue weighted by Crippen LogP contribution is 2.28. The molecule has 8 nitrogen and oxygen atoms in total. The fourth-order valence-corrected chi connectivity index (χ4v) is 1.92. The smallest absolute Gasteiger partial charge is 0.322 e. The van der Waals surface area contributed by atoms with Crippen molar-refractivity contribution < 1.29 is 23.1 Å². The number of rotatable bonds is 5. The lowest BCUT2D eigenvalue weighted by Gasteiger charge is -2.08. The fraction of sp³-hybridized carbons (Fsp3) is 0.133. The van der Waals surface area contributed by atoms with Crippen LogP contribution in [0.5, 0.6) is 11.5 Å². The van der Waals surface area contributed by atoms with Gasteiger partial charge in [-0.25, -0.2) is 0 Å². The summed E-state index contributed by atoms with van der Waals surface area (Å²) in [7, 11) is 3.01.